The summed E-state index contributed by atoms with van der Waals surface area (Å²) in [5.41, 5.74) is 5.59. The first-order valence-corrected chi connectivity index (χ1v) is 6.64. The summed E-state index contributed by atoms with van der Waals surface area (Å²) in [6.45, 7) is 5.97. The Morgan fingerprint density at radius 2 is 2.12 bits per heavy atom. The van der Waals surface area contributed by atoms with Gasteiger partial charge in [-0.3, -0.25) is 4.79 Å². The summed E-state index contributed by atoms with van der Waals surface area (Å²) in [6, 6.07) is 0. The molecule has 2 atom stereocenters. The maximum absolute atomic E-state index is 12.4. The number of hydrogen-bond acceptors (Lipinski definition) is 2. The Morgan fingerprint density at radius 3 is 2.69 bits per heavy atom. The van der Waals surface area contributed by atoms with Crippen molar-refractivity contribution in [3.05, 3.63) is 0 Å². The van der Waals surface area contributed by atoms with Gasteiger partial charge < -0.3 is 10.6 Å². The molecule has 1 aliphatic carbocycles. The van der Waals surface area contributed by atoms with Crippen molar-refractivity contribution < 1.29 is 4.79 Å². The molecule has 1 heterocycles. The number of nitrogens with two attached hydrogens (primary N) is 1. The average Bonchev–Trinajstić information content (AvgIpc) is 3.12. The van der Waals surface area contributed by atoms with Crippen LogP contribution in [-0.2, 0) is 4.79 Å². The first kappa shape index (κ1) is 11.9. The Bertz CT molecular complexity index is 271. The smallest absolute Gasteiger partial charge is 0.242 e. The standard InChI is InChI=1S/C13H24N2O/c1-3-10-5-4-8-15(9-10)12(16)13(2,14)11-6-7-11/h10-11H,3-9,14H2,1-2H3. The minimum atomic E-state index is -0.602. The van der Waals surface area contributed by atoms with E-state index in [1.54, 1.807) is 0 Å². The lowest BCUT2D eigenvalue weighted by Gasteiger charge is -2.37. The second-order valence-corrected chi connectivity index (χ2v) is 5.72. The van der Waals surface area contributed by atoms with E-state index >= 15 is 0 Å². The van der Waals surface area contributed by atoms with Gasteiger partial charge in [0.1, 0.15) is 0 Å². The molecular formula is C13H24N2O. The van der Waals surface area contributed by atoms with Crippen molar-refractivity contribution in [2.24, 2.45) is 17.6 Å². The van der Waals surface area contributed by atoms with Crippen molar-refractivity contribution in [2.75, 3.05) is 13.1 Å². The van der Waals surface area contributed by atoms with E-state index in [2.05, 4.69) is 6.92 Å². The fourth-order valence-corrected chi connectivity index (χ4v) is 2.78. The molecule has 1 aliphatic heterocycles. The van der Waals surface area contributed by atoms with Crippen molar-refractivity contribution in [1.29, 1.82) is 0 Å². The van der Waals surface area contributed by atoms with Crippen molar-refractivity contribution in [3.63, 3.8) is 0 Å². The van der Waals surface area contributed by atoms with E-state index in [0.29, 0.717) is 11.8 Å². The summed E-state index contributed by atoms with van der Waals surface area (Å²) in [5.74, 6) is 1.31. The van der Waals surface area contributed by atoms with Crippen molar-refractivity contribution in [2.45, 2.75) is 51.5 Å². The van der Waals surface area contributed by atoms with Gasteiger partial charge in [-0.05, 0) is 44.4 Å². The molecule has 3 nitrogen and oxygen atoms in total. The van der Waals surface area contributed by atoms with Gasteiger partial charge >= 0.3 is 0 Å². The van der Waals surface area contributed by atoms with Crippen LogP contribution in [-0.4, -0.2) is 29.4 Å². The number of hydrogen-bond donors (Lipinski definition) is 1. The van der Waals surface area contributed by atoms with E-state index in [-0.39, 0.29) is 5.91 Å². The van der Waals surface area contributed by atoms with Gasteiger partial charge in [-0.1, -0.05) is 13.3 Å². The third-order valence-electron chi connectivity index (χ3n) is 4.27. The molecule has 2 aliphatic rings. The molecule has 2 rings (SSSR count). The van der Waals surface area contributed by atoms with Crippen LogP contribution in [0.2, 0.25) is 0 Å². The summed E-state index contributed by atoms with van der Waals surface area (Å²) >= 11 is 0. The summed E-state index contributed by atoms with van der Waals surface area (Å²) in [5, 5.41) is 0. The van der Waals surface area contributed by atoms with E-state index in [1.165, 1.54) is 12.8 Å². The highest BCUT2D eigenvalue weighted by Crippen LogP contribution is 2.39. The number of carbonyl (C=O) groups excluding carboxylic acids is 1. The van der Waals surface area contributed by atoms with E-state index in [9.17, 15) is 4.79 Å². The van der Waals surface area contributed by atoms with Crippen LogP contribution in [0.5, 0.6) is 0 Å². The van der Waals surface area contributed by atoms with Crippen LogP contribution in [0.1, 0.15) is 46.0 Å². The van der Waals surface area contributed by atoms with Gasteiger partial charge in [0.15, 0.2) is 0 Å². The summed E-state index contributed by atoms with van der Waals surface area (Å²) in [7, 11) is 0. The van der Waals surface area contributed by atoms with Crippen LogP contribution in [0.4, 0.5) is 0 Å². The molecule has 16 heavy (non-hydrogen) atoms. The van der Waals surface area contributed by atoms with Gasteiger partial charge in [0.25, 0.3) is 0 Å². The zero-order chi connectivity index (χ0) is 11.8. The van der Waals surface area contributed by atoms with E-state index in [1.807, 2.05) is 11.8 Å². The molecule has 0 radical (unpaired) electrons. The largest absolute Gasteiger partial charge is 0.341 e. The first-order chi connectivity index (χ1) is 7.55. The SMILES string of the molecule is CCC1CCCN(C(=O)C(C)(N)C2CC2)C1. The molecule has 92 valence electrons. The van der Waals surface area contributed by atoms with Crippen LogP contribution in [0.25, 0.3) is 0 Å². The Morgan fingerprint density at radius 1 is 1.44 bits per heavy atom. The maximum atomic E-state index is 12.4. The van der Waals surface area contributed by atoms with Gasteiger partial charge in [0.05, 0.1) is 5.54 Å². The van der Waals surface area contributed by atoms with Crippen molar-refractivity contribution in [1.82, 2.24) is 4.90 Å². The highest BCUT2D eigenvalue weighted by Gasteiger charge is 2.46. The molecule has 2 fully saturated rings. The maximum Gasteiger partial charge on any atom is 0.242 e. The minimum absolute atomic E-state index is 0.188. The lowest BCUT2D eigenvalue weighted by molar-refractivity contribution is -0.139. The molecule has 2 unspecified atom stereocenters. The number of likely N-dealkylation sites (tertiary alicyclic amines) is 1. The number of piperidine rings is 1. The van der Waals surface area contributed by atoms with Crippen molar-refractivity contribution >= 4 is 5.91 Å². The second kappa shape index (κ2) is 4.36. The molecule has 1 saturated carbocycles. The molecule has 1 amide bonds. The Kier molecular flexibility index (Phi) is 3.24. The molecular weight excluding hydrogens is 200 g/mol. The quantitative estimate of drug-likeness (QED) is 0.794. The molecule has 0 aromatic carbocycles. The van der Waals surface area contributed by atoms with Crippen LogP contribution in [0.3, 0.4) is 0 Å². The predicted octanol–water partition coefficient (Wildman–Crippen LogP) is 1.76. The molecule has 0 aromatic heterocycles. The van der Waals surface area contributed by atoms with Gasteiger partial charge in [0.2, 0.25) is 5.91 Å². The van der Waals surface area contributed by atoms with Gasteiger partial charge in [-0.2, -0.15) is 0 Å². The van der Waals surface area contributed by atoms with Crippen LogP contribution >= 0.6 is 0 Å². The third-order valence-corrected chi connectivity index (χ3v) is 4.27. The fraction of sp³-hybridized carbons (Fsp3) is 0.923. The predicted molar refractivity (Wildman–Crippen MR) is 64.9 cm³/mol. The molecule has 0 aromatic rings. The van der Waals surface area contributed by atoms with Crippen LogP contribution < -0.4 is 5.73 Å². The Hall–Kier alpha value is -0.570. The Balaban J connectivity index is 1.98. The highest BCUT2D eigenvalue weighted by molar-refractivity contribution is 5.86. The molecule has 3 heteroatoms. The topological polar surface area (TPSA) is 46.3 Å². The zero-order valence-electron chi connectivity index (χ0n) is 10.5. The van der Waals surface area contributed by atoms with Crippen LogP contribution in [0, 0.1) is 11.8 Å². The zero-order valence-corrected chi connectivity index (χ0v) is 10.5. The van der Waals surface area contributed by atoms with E-state index < -0.39 is 5.54 Å². The van der Waals surface area contributed by atoms with E-state index in [4.69, 9.17) is 5.73 Å². The van der Waals surface area contributed by atoms with Gasteiger partial charge in [0, 0.05) is 13.1 Å². The number of rotatable bonds is 3. The minimum Gasteiger partial charge on any atom is -0.341 e. The van der Waals surface area contributed by atoms with Gasteiger partial charge in [-0.15, -0.1) is 0 Å². The number of amides is 1. The normalized spacial score (nSPS) is 29.9. The lowest BCUT2D eigenvalue weighted by Crippen LogP contribution is -2.56. The van der Waals surface area contributed by atoms with E-state index in [0.717, 1.165) is 32.4 Å². The number of carbonyl (C=O) groups is 1. The summed E-state index contributed by atoms with van der Waals surface area (Å²) < 4.78 is 0. The molecule has 0 bridgehead atoms. The Labute approximate surface area is 98.4 Å². The van der Waals surface area contributed by atoms with Gasteiger partial charge in [-0.25, -0.2) is 0 Å². The molecule has 1 saturated heterocycles. The third kappa shape index (κ3) is 2.24. The van der Waals surface area contributed by atoms with Crippen LogP contribution in [0.15, 0.2) is 0 Å². The fourth-order valence-electron chi connectivity index (χ4n) is 2.78. The molecule has 0 spiro atoms. The highest BCUT2D eigenvalue weighted by atomic mass is 16.2. The first-order valence-electron chi connectivity index (χ1n) is 6.64. The molecule has 2 N–H and O–H groups in total. The average molecular weight is 224 g/mol. The lowest BCUT2D eigenvalue weighted by atomic mass is 9.91. The summed E-state index contributed by atoms with van der Waals surface area (Å²) in [4.78, 5) is 14.4. The number of nitrogens with zero attached hydrogens (tertiary/aromatic N) is 1. The monoisotopic (exact) mass is 224 g/mol. The second-order valence-electron chi connectivity index (χ2n) is 5.72. The summed E-state index contributed by atoms with van der Waals surface area (Å²) in [6.07, 6.45) is 5.85. The van der Waals surface area contributed by atoms with Crippen molar-refractivity contribution in [3.8, 4) is 0 Å².